The Bertz CT molecular complexity index is 376. The molecule has 0 saturated heterocycles. The van der Waals surface area contributed by atoms with E-state index < -0.39 is 5.82 Å². The average Bonchev–Trinajstić information content (AvgIpc) is 2.95. The van der Waals surface area contributed by atoms with Crippen molar-refractivity contribution in [2.24, 2.45) is 5.92 Å². The third-order valence-electron chi connectivity index (χ3n) is 2.16. The lowest BCUT2D eigenvalue weighted by Gasteiger charge is -2.05. The van der Waals surface area contributed by atoms with Gasteiger partial charge in [0.05, 0.1) is 10.2 Å². The van der Waals surface area contributed by atoms with Crippen molar-refractivity contribution in [3.8, 4) is 0 Å². The summed E-state index contributed by atoms with van der Waals surface area (Å²) in [5.41, 5.74) is 0.247. The molecule has 1 saturated carbocycles. The molecule has 1 aromatic carbocycles. The summed E-state index contributed by atoms with van der Waals surface area (Å²) >= 11 is 3.06. The van der Waals surface area contributed by atoms with Crippen LogP contribution in [0.25, 0.3) is 0 Å². The van der Waals surface area contributed by atoms with Gasteiger partial charge in [0.1, 0.15) is 0 Å². The lowest BCUT2D eigenvalue weighted by Crippen LogP contribution is -2.14. The average molecular weight is 258 g/mol. The van der Waals surface area contributed by atoms with E-state index in [1.165, 1.54) is 0 Å². The molecule has 14 heavy (non-hydrogen) atoms. The Morgan fingerprint density at radius 3 is 2.86 bits per heavy atom. The topological polar surface area (TPSA) is 29.1 Å². The van der Waals surface area contributed by atoms with Gasteiger partial charge in [0.25, 0.3) is 0 Å². The second kappa shape index (κ2) is 3.69. The largest absolute Gasteiger partial charge is 0.323 e. The summed E-state index contributed by atoms with van der Waals surface area (Å²) in [6.45, 7) is 0. The van der Waals surface area contributed by atoms with Crippen molar-refractivity contribution in [3.05, 3.63) is 28.5 Å². The van der Waals surface area contributed by atoms with Crippen molar-refractivity contribution in [2.75, 3.05) is 5.32 Å². The molecule has 2 rings (SSSR count). The molecule has 1 aromatic rings. The van der Waals surface area contributed by atoms with E-state index in [1.54, 1.807) is 18.2 Å². The Hall–Kier alpha value is -0.900. The highest BCUT2D eigenvalue weighted by Crippen LogP contribution is 2.31. The Balaban J connectivity index is 2.15. The molecule has 0 aromatic heterocycles. The third-order valence-corrected chi connectivity index (χ3v) is 2.77. The lowest BCUT2D eigenvalue weighted by molar-refractivity contribution is -0.117. The van der Waals surface area contributed by atoms with Crippen LogP contribution in [0.15, 0.2) is 22.7 Å². The Morgan fingerprint density at radius 2 is 2.21 bits per heavy atom. The van der Waals surface area contributed by atoms with Gasteiger partial charge < -0.3 is 5.32 Å². The predicted octanol–water partition coefficient (Wildman–Crippen LogP) is 2.94. The van der Waals surface area contributed by atoms with Crippen LogP contribution in [0.1, 0.15) is 12.8 Å². The summed E-state index contributed by atoms with van der Waals surface area (Å²) in [4.78, 5) is 11.3. The zero-order valence-corrected chi connectivity index (χ0v) is 8.97. The van der Waals surface area contributed by atoms with Crippen LogP contribution in [0, 0.1) is 11.7 Å². The molecule has 2 nitrogen and oxygen atoms in total. The fraction of sp³-hybridized carbons (Fsp3) is 0.300. The normalized spacial score (nSPS) is 15.3. The molecule has 0 spiro atoms. The van der Waals surface area contributed by atoms with Gasteiger partial charge in [-0.1, -0.05) is 6.07 Å². The molecule has 0 atom stereocenters. The van der Waals surface area contributed by atoms with Crippen LogP contribution in [0.2, 0.25) is 0 Å². The smallest absolute Gasteiger partial charge is 0.227 e. The number of nitrogens with one attached hydrogen (secondary N) is 1. The number of carbonyl (C=O) groups excluding carboxylic acids is 1. The van der Waals surface area contributed by atoms with E-state index in [4.69, 9.17) is 0 Å². The van der Waals surface area contributed by atoms with E-state index in [0.717, 1.165) is 12.8 Å². The van der Waals surface area contributed by atoms with Crippen molar-refractivity contribution in [2.45, 2.75) is 12.8 Å². The zero-order valence-electron chi connectivity index (χ0n) is 7.39. The van der Waals surface area contributed by atoms with Crippen LogP contribution in [0.3, 0.4) is 0 Å². The first-order chi connectivity index (χ1) is 6.68. The fourth-order valence-electron chi connectivity index (χ4n) is 1.18. The first kappa shape index (κ1) is 9.65. The first-order valence-corrected chi connectivity index (χ1v) is 5.22. The van der Waals surface area contributed by atoms with Crippen molar-refractivity contribution in [1.82, 2.24) is 0 Å². The molecule has 1 amide bonds. The van der Waals surface area contributed by atoms with E-state index >= 15 is 0 Å². The van der Waals surface area contributed by atoms with E-state index in [1.807, 2.05) is 0 Å². The molecule has 0 radical (unpaired) electrons. The molecule has 74 valence electrons. The maximum absolute atomic E-state index is 13.4. The van der Waals surface area contributed by atoms with E-state index in [0.29, 0.717) is 4.47 Å². The van der Waals surface area contributed by atoms with Gasteiger partial charge in [-0.2, -0.15) is 0 Å². The second-order valence-electron chi connectivity index (χ2n) is 3.36. The molecule has 4 heteroatoms. The highest BCUT2D eigenvalue weighted by Gasteiger charge is 2.30. The number of carbonyl (C=O) groups is 1. The van der Waals surface area contributed by atoms with Crippen molar-refractivity contribution < 1.29 is 9.18 Å². The zero-order chi connectivity index (χ0) is 10.1. The number of benzene rings is 1. The van der Waals surface area contributed by atoms with Gasteiger partial charge >= 0.3 is 0 Å². The number of hydrogen-bond acceptors (Lipinski definition) is 1. The van der Waals surface area contributed by atoms with Gasteiger partial charge in [-0.15, -0.1) is 0 Å². The number of amides is 1. The third kappa shape index (κ3) is 1.95. The quantitative estimate of drug-likeness (QED) is 0.868. The van der Waals surface area contributed by atoms with Crippen LogP contribution < -0.4 is 5.32 Å². The van der Waals surface area contributed by atoms with Crippen LogP contribution in [-0.2, 0) is 4.79 Å². The standard InChI is InChI=1S/C10H9BrFNO/c11-7-2-1-3-8(9(7)12)13-10(14)6-4-5-6/h1-3,6H,4-5H2,(H,13,14). The van der Waals surface area contributed by atoms with Crippen LogP contribution in [0.4, 0.5) is 10.1 Å². The molecular formula is C10H9BrFNO. The number of halogens is 2. The Labute approximate surface area is 89.6 Å². The first-order valence-electron chi connectivity index (χ1n) is 4.43. The van der Waals surface area contributed by atoms with E-state index in [9.17, 15) is 9.18 Å². The van der Waals surface area contributed by atoms with Crippen LogP contribution >= 0.6 is 15.9 Å². The predicted molar refractivity (Wildman–Crippen MR) is 55.5 cm³/mol. The molecule has 1 aliphatic carbocycles. The molecule has 1 fully saturated rings. The summed E-state index contributed by atoms with van der Waals surface area (Å²) in [6, 6.07) is 4.85. The van der Waals surface area contributed by atoms with Gasteiger partial charge in [0.2, 0.25) is 5.91 Å². The monoisotopic (exact) mass is 257 g/mol. The Morgan fingerprint density at radius 1 is 1.50 bits per heavy atom. The van der Waals surface area contributed by atoms with Crippen LogP contribution in [0.5, 0.6) is 0 Å². The molecular weight excluding hydrogens is 249 g/mol. The SMILES string of the molecule is O=C(Nc1cccc(Br)c1F)C1CC1. The maximum Gasteiger partial charge on any atom is 0.227 e. The van der Waals surface area contributed by atoms with Crippen molar-refractivity contribution >= 4 is 27.5 Å². The van der Waals surface area contributed by atoms with Gasteiger partial charge in [-0.25, -0.2) is 4.39 Å². The van der Waals surface area contributed by atoms with Gasteiger partial charge in [0.15, 0.2) is 5.82 Å². The second-order valence-corrected chi connectivity index (χ2v) is 4.22. The number of anilines is 1. The number of hydrogen-bond donors (Lipinski definition) is 1. The minimum absolute atomic E-state index is 0.0815. The lowest BCUT2D eigenvalue weighted by atomic mass is 10.3. The molecule has 1 N–H and O–H groups in total. The molecule has 0 unspecified atom stereocenters. The fourth-order valence-corrected chi connectivity index (χ4v) is 1.55. The summed E-state index contributed by atoms with van der Waals surface area (Å²) in [5, 5.41) is 2.57. The highest BCUT2D eigenvalue weighted by molar-refractivity contribution is 9.10. The van der Waals surface area contributed by atoms with Crippen molar-refractivity contribution in [1.29, 1.82) is 0 Å². The van der Waals surface area contributed by atoms with E-state index in [2.05, 4.69) is 21.2 Å². The molecule has 1 aliphatic rings. The molecule has 0 bridgehead atoms. The molecule has 0 heterocycles. The summed E-state index contributed by atoms with van der Waals surface area (Å²) in [5.74, 6) is -0.406. The minimum Gasteiger partial charge on any atom is -0.323 e. The number of rotatable bonds is 2. The Kier molecular flexibility index (Phi) is 2.54. The van der Waals surface area contributed by atoms with Crippen molar-refractivity contribution in [3.63, 3.8) is 0 Å². The summed E-state index contributed by atoms with van der Waals surface area (Å²) in [7, 11) is 0. The van der Waals surface area contributed by atoms with Gasteiger partial charge in [-0.05, 0) is 40.9 Å². The van der Waals surface area contributed by atoms with Gasteiger partial charge in [0, 0.05) is 5.92 Å². The summed E-state index contributed by atoms with van der Waals surface area (Å²) < 4.78 is 13.8. The van der Waals surface area contributed by atoms with Gasteiger partial charge in [-0.3, -0.25) is 4.79 Å². The van der Waals surface area contributed by atoms with Crippen LogP contribution in [-0.4, -0.2) is 5.91 Å². The van der Waals surface area contributed by atoms with E-state index in [-0.39, 0.29) is 17.5 Å². The highest BCUT2D eigenvalue weighted by atomic mass is 79.9. The molecule has 0 aliphatic heterocycles. The maximum atomic E-state index is 13.4. The summed E-state index contributed by atoms with van der Waals surface area (Å²) in [6.07, 6.45) is 1.84. The minimum atomic E-state index is -0.415.